The molecule has 1 amide bonds. The summed E-state index contributed by atoms with van der Waals surface area (Å²) >= 11 is 3.49. The molecule has 0 bridgehead atoms. The average Bonchev–Trinajstić information content (AvgIpc) is 2.56. The molecule has 0 radical (unpaired) electrons. The molecule has 2 aliphatic rings. The van der Waals surface area contributed by atoms with Crippen LogP contribution in [0.5, 0.6) is 5.75 Å². The minimum Gasteiger partial charge on any atom is -0.493 e. The lowest BCUT2D eigenvalue weighted by atomic mass is 9.94. The van der Waals surface area contributed by atoms with E-state index in [1.165, 1.54) is 0 Å². The van der Waals surface area contributed by atoms with Crippen molar-refractivity contribution in [2.24, 2.45) is 5.92 Å². The molecular formula is C18H21BrN2O2. The summed E-state index contributed by atoms with van der Waals surface area (Å²) in [6.07, 6.45) is 7.91. The fourth-order valence-corrected chi connectivity index (χ4v) is 3.67. The highest BCUT2D eigenvalue weighted by atomic mass is 79.9. The molecule has 1 aromatic rings. The van der Waals surface area contributed by atoms with Gasteiger partial charge in [-0.15, -0.1) is 6.42 Å². The van der Waals surface area contributed by atoms with Crippen LogP contribution in [0, 0.1) is 18.3 Å². The summed E-state index contributed by atoms with van der Waals surface area (Å²) in [5.74, 6) is 3.78. The summed E-state index contributed by atoms with van der Waals surface area (Å²) in [7, 11) is 0. The third kappa shape index (κ3) is 3.88. The predicted octanol–water partition coefficient (Wildman–Crippen LogP) is 2.73. The zero-order valence-corrected chi connectivity index (χ0v) is 14.6. The maximum absolute atomic E-state index is 12.6. The van der Waals surface area contributed by atoms with Gasteiger partial charge in [-0.1, -0.05) is 21.9 Å². The van der Waals surface area contributed by atoms with E-state index in [1.54, 1.807) is 0 Å². The molecule has 122 valence electrons. The lowest BCUT2D eigenvalue weighted by molar-refractivity contribution is -0.127. The van der Waals surface area contributed by atoms with Crippen LogP contribution in [0.3, 0.4) is 0 Å². The molecule has 1 saturated heterocycles. The van der Waals surface area contributed by atoms with E-state index in [2.05, 4.69) is 32.1 Å². The summed E-state index contributed by atoms with van der Waals surface area (Å²) < 4.78 is 6.68. The SMILES string of the molecule is C#CCN1CCC(C(=O)N[C@H]2CCOc3ccc(Br)cc32)CC1. The highest BCUT2D eigenvalue weighted by molar-refractivity contribution is 9.10. The summed E-state index contributed by atoms with van der Waals surface area (Å²) in [6, 6.07) is 5.99. The number of rotatable bonds is 3. The van der Waals surface area contributed by atoms with Crippen LogP contribution in [-0.2, 0) is 4.79 Å². The molecular weight excluding hydrogens is 356 g/mol. The number of carbonyl (C=O) groups is 1. The van der Waals surface area contributed by atoms with E-state index in [1.807, 2.05) is 18.2 Å². The van der Waals surface area contributed by atoms with E-state index in [9.17, 15) is 4.79 Å². The van der Waals surface area contributed by atoms with Crippen molar-refractivity contribution in [3.63, 3.8) is 0 Å². The van der Waals surface area contributed by atoms with Gasteiger partial charge in [-0.3, -0.25) is 9.69 Å². The van der Waals surface area contributed by atoms with Gasteiger partial charge in [0.2, 0.25) is 5.91 Å². The zero-order chi connectivity index (χ0) is 16.2. The Kier molecular flexibility index (Phi) is 5.24. The molecule has 23 heavy (non-hydrogen) atoms. The number of halogens is 1. The van der Waals surface area contributed by atoms with Crippen LogP contribution >= 0.6 is 15.9 Å². The smallest absolute Gasteiger partial charge is 0.223 e. The van der Waals surface area contributed by atoms with Crippen molar-refractivity contribution in [2.45, 2.75) is 25.3 Å². The predicted molar refractivity (Wildman–Crippen MR) is 93.1 cm³/mol. The number of amides is 1. The number of hydrogen-bond acceptors (Lipinski definition) is 3. The normalized spacial score (nSPS) is 21.8. The maximum Gasteiger partial charge on any atom is 0.223 e. The van der Waals surface area contributed by atoms with Crippen molar-refractivity contribution in [2.75, 3.05) is 26.2 Å². The third-order valence-electron chi connectivity index (χ3n) is 4.60. The number of nitrogens with one attached hydrogen (secondary N) is 1. The van der Waals surface area contributed by atoms with Crippen LogP contribution in [0.15, 0.2) is 22.7 Å². The summed E-state index contributed by atoms with van der Waals surface area (Å²) in [5.41, 5.74) is 1.06. The van der Waals surface area contributed by atoms with Gasteiger partial charge in [0, 0.05) is 22.4 Å². The first-order valence-electron chi connectivity index (χ1n) is 8.06. The van der Waals surface area contributed by atoms with E-state index in [0.29, 0.717) is 13.2 Å². The average molecular weight is 377 g/mol. The second kappa shape index (κ2) is 7.37. The standard InChI is InChI=1S/C18H21BrN2O2/c1-2-8-21-9-5-13(6-10-21)18(22)20-16-7-11-23-17-4-3-14(19)12-15(16)17/h1,3-4,12-13,16H,5-11H2,(H,20,22)/t16-/m0/s1. The first kappa shape index (κ1) is 16.4. The van der Waals surface area contributed by atoms with Gasteiger partial charge in [0.25, 0.3) is 0 Å². The lowest BCUT2D eigenvalue weighted by Crippen LogP contribution is -2.42. The second-order valence-corrected chi connectivity index (χ2v) is 7.05. The first-order chi connectivity index (χ1) is 11.2. The molecule has 1 N–H and O–H groups in total. The molecule has 0 saturated carbocycles. The molecule has 0 unspecified atom stereocenters. The quantitative estimate of drug-likeness (QED) is 0.824. The maximum atomic E-state index is 12.6. The molecule has 1 fully saturated rings. The van der Waals surface area contributed by atoms with Crippen LogP contribution in [0.4, 0.5) is 0 Å². The number of terminal acetylenes is 1. The van der Waals surface area contributed by atoms with Crippen LogP contribution in [0.2, 0.25) is 0 Å². The van der Waals surface area contributed by atoms with Crippen molar-refractivity contribution in [3.8, 4) is 18.1 Å². The molecule has 1 atom stereocenters. The Balaban J connectivity index is 1.61. The molecule has 4 nitrogen and oxygen atoms in total. The Hall–Kier alpha value is -1.51. The Morgan fingerprint density at radius 2 is 2.17 bits per heavy atom. The van der Waals surface area contributed by atoms with Crippen molar-refractivity contribution >= 4 is 21.8 Å². The fraction of sp³-hybridized carbons (Fsp3) is 0.500. The van der Waals surface area contributed by atoms with E-state index in [4.69, 9.17) is 11.2 Å². The van der Waals surface area contributed by atoms with Gasteiger partial charge >= 0.3 is 0 Å². The van der Waals surface area contributed by atoms with Gasteiger partial charge < -0.3 is 10.1 Å². The van der Waals surface area contributed by atoms with Crippen molar-refractivity contribution in [1.82, 2.24) is 10.2 Å². The zero-order valence-electron chi connectivity index (χ0n) is 13.1. The van der Waals surface area contributed by atoms with Gasteiger partial charge in [0.05, 0.1) is 19.2 Å². The number of benzene rings is 1. The van der Waals surface area contributed by atoms with Gasteiger partial charge in [-0.2, -0.15) is 0 Å². The summed E-state index contributed by atoms with van der Waals surface area (Å²) in [4.78, 5) is 14.8. The van der Waals surface area contributed by atoms with Crippen LogP contribution in [0.25, 0.3) is 0 Å². The molecule has 0 spiro atoms. The monoisotopic (exact) mass is 376 g/mol. The summed E-state index contributed by atoms with van der Waals surface area (Å²) in [6.45, 7) is 3.12. The summed E-state index contributed by atoms with van der Waals surface area (Å²) in [5, 5.41) is 3.22. The van der Waals surface area contributed by atoms with E-state index < -0.39 is 0 Å². The first-order valence-corrected chi connectivity index (χ1v) is 8.85. The van der Waals surface area contributed by atoms with Gasteiger partial charge in [0.1, 0.15) is 5.75 Å². The molecule has 2 heterocycles. The number of piperidine rings is 1. The van der Waals surface area contributed by atoms with E-state index in [-0.39, 0.29) is 17.9 Å². The Morgan fingerprint density at radius 1 is 1.39 bits per heavy atom. The highest BCUT2D eigenvalue weighted by Gasteiger charge is 2.29. The largest absolute Gasteiger partial charge is 0.493 e. The fourth-order valence-electron chi connectivity index (χ4n) is 3.29. The van der Waals surface area contributed by atoms with Crippen LogP contribution in [0.1, 0.15) is 30.9 Å². The number of hydrogen-bond donors (Lipinski definition) is 1. The molecule has 0 aliphatic carbocycles. The minimum atomic E-state index is 0.0347. The topological polar surface area (TPSA) is 41.6 Å². The van der Waals surface area contributed by atoms with E-state index >= 15 is 0 Å². The third-order valence-corrected chi connectivity index (χ3v) is 5.09. The lowest BCUT2D eigenvalue weighted by Gasteiger charge is -2.32. The van der Waals surface area contributed by atoms with Gasteiger partial charge in [0.15, 0.2) is 0 Å². The van der Waals surface area contributed by atoms with Gasteiger partial charge in [-0.25, -0.2) is 0 Å². The Bertz CT molecular complexity index is 618. The Labute approximate surface area is 145 Å². The highest BCUT2D eigenvalue weighted by Crippen LogP contribution is 2.34. The molecule has 5 heteroatoms. The molecule has 1 aromatic carbocycles. The van der Waals surface area contributed by atoms with Crippen molar-refractivity contribution in [3.05, 3.63) is 28.2 Å². The Morgan fingerprint density at radius 3 is 2.91 bits per heavy atom. The number of ether oxygens (including phenoxy) is 1. The van der Waals surface area contributed by atoms with Crippen LogP contribution < -0.4 is 10.1 Å². The second-order valence-electron chi connectivity index (χ2n) is 6.14. The molecule has 0 aromatic heterocycles. The molecule has 2 aliphatic heterocycles. The minimum absolute atomic E-state index is 0.0347. The number of nitrogens with zero attached hydrogens (tertiary/aromatic N) is 1. The van der Waals surface area contributed by atoms with Crippen LogP contribution in [-0.4, -0.2) is 37.0 Å². The van der Waals surface area contributed by atoms with Crippen molar-refractivity contribution < 1.29 is 9.53 Å². The number of likely N-dealkylation sites (tertiary alicyclic amines) is 1. The number of carbonyl (C=O) groups excluding carboxylic acids is 1. The van der Waals surface area contributed by atoms with Gasteiger partial charge in [-0.05, 0) is 44.1 Å². The van der Waals surface area contributed by atoms with Crippen molar-refractivity contribution in [1.29, 1.82) is 0 Å². The molecule has 3 rings (SSSR count). The van der Waals surface area contributed by atoms with E-state index in [0.717, 1.165) is 48.1 Å². The number of fused-ring (bicyclic) bond motifs is 1.